The Bertz CT molecular complexity index is 2650. The summed E-state index contributed by atoms with van der Waals surface area (Å²) in [5.41, 5.74) is -0.0648. The van der Waals surface area contributed by atoms with Gasteiger partial charge in [-0.25, -0.2) is 9.59 Å². The molecule has 1 aromatic carbocycles. The summed E-state index contributed by atoms with van der Waals surface area (Å²) >= 11 is 1.48. The normalized spacial score (nSPS) is 35.9. The Morgan fingerprint density at radius 2 is 1.58 bits per heavy atom. The smallest absolute Gasteiger partial charge is 0.411 e. The number of Topliss-reactive ketones (excluding diaryl/α,β-unsaturated/α-hetero) is 1. The van der Waals surface area contributed by atoms with Crippen LogP contribution in [0.5, 0.6) is 11.5 Å². The summed E-state index contributed by atoms with van der Waals surface area (Å²) in [7, 11) is 11.0. The number of nitrogens with one attached hydrogen (secondary N) is 4. The number of aliphatic hydroxyl groups is 4. The fraction of sp³-hybridized carbons (Fsp3) is 0.679. The molecule has 4 fully saturated rings. The molecule has 2 aliphatic carbocycles. The SMILES string of the molecule is C=C(OC)C(=O)Nc1cc(OC)c(OC)cc1C(=O)O[C@H]1CC(O[C@@H]2C(=O)C(NC(=O)OC)=C3/C(=C\CSSSC)[C@]2(O)C=C[C@@H]3O[C@]2(C)O[C@@H](C)[C@@H](NOC3C[C@H](O)[C@H](SC)[C@@H](C)O3)[C@H](O)[C@H]2O[C@H]2C[C@H](OC)[C@@H](NC(C)C)CO2)O[C@@H](C)[C@@H]1O. The summed E-state index contributed by atoms with van der Waals surface area (Å²) in [5, 5.41) is 56.5. The monoisotopic (exact) mass is 1290 g/mol. The van der Waals surface area contributed by atoms with Crippen molar-refractivity contribution in [2.75, 3.05) is 65.7 Å². The molecule has 0 saturated carbocycles. The molecule has 4 heterocycles. The van der Waals surface area contributed by atoms with E-state index in [1.54, 1.807) is 27.0 Å². The maximum absolute atomic E-state index is 15.3. The van der Waals surface area contributed by atoms with Gasteiger partial charge in [-0.1, -0.05) is 54.2 Å². The van der Waals surface area contributed by atoms with Crippen LogP contribution in [0.25, 0.3) is 0 Å². The van der Waals surface area contributed by atoms with E-state index in [2.05, 4.69) is 28.0 Å². The predicted octanol–water partition coefficient (Wildman–Crippen LogP) is 3.80. The highest BCUT2D eigenvalue weighted by molar-refractivity contribution is 9.09. The number of amides is 2. The number of alkyl carbamates (subject to hydrolysis) is 1. The van der Waals surface area contributed by atoms with Gasteiger partial charge in [-0.05, 0) is 61.7 Å². The third-order valence-electron chi connectivity index (χ3n) is 15.5. The number of ketones is 1. The summed E-state index contributed by atoms with van der Waals surface area (Å²) in [4.78, 5) is 61.9. The lowest BCUT2D eigenvalue weighted by Crippen LogP contribution is -2.69. The van der Waals surface area contributed by atoms with E-state index in [4.69, 9.17) is 66.4 Å². The number of rotatable bonds is 25. The van der Waals surface area contributed by atoms with Gasteiger partial charge in [0.15, 0.2) is 48.0 Å². The second kappa shape index (κ2) is 30.8. The van der Waals surface area contributed by atoms with Gasteiger partial charge in [0.05, 0.1) is 99.8 Å². The van der Waals surface area contributed by atoms with Crippen LogP contribution in [0, 0.1) is 0 Å². The molecule has 4 saturated heterocycles. The predicted molar refractivity (Wildman–Crippen MR) is 319 cm³/mol. The Balaban J connectivity index is 1.22. The number of benzene rings is 1. The van der Waals surface area contributed by atoms with Crippen molar-refractivity contribution < 1.29 is 106 Å². The Morgan fingerprint density at radius 3 is 2.22 bits per heavy atom. The van der Waals surface area contributed by atoms with Gasteiger partial charge in [0.1, 0.15) is 36.1 Å². The van der Waals surface area contributed by atoms with Crippen molar-refractivity contribution in [3.8, 4) is 11.5 Å². The van der Waals surface area contributed by atoms with Gasteiger partial charge in [-0.3, -0.25) is 19.7 Å². The highest BCUT2D eigenvalue weighted by atomic mass is 33.5. The summed E-state index contributed by atoms with van der Waals surface area (Å²) < 4.78 is 78.1. The lowest BCUT2D eigenvalue weighted by atomic mass is 9.69. The van der Waals surface area contributed by atoms with Crippen LogP contribution in [0.2, 0.25) is 0 Å². The molecule has 8 N–H and O–H groups in total. The fourth-order valence-electron chi connectivity index (χ4n) is 11.2. The van der Waals surface area contributed by atoms with Crippen LogP contribution in [-0.2, 0) is 66.5 Å². The number of carbonyl (C=O) groups is 4. The summed E-state index contributed by atoms with van der Waals surface area (Å²) in [5.74, 6) is -4.53. The second-order valence-electron chi connectivity index (χ2n) is 21.5. The Kier molecular flexibility index (Phi) is 25.0. The Labute approximate surface area is 516 Å². The summed E-state index contributed by atoms with van der Waals surface area (Å²) in [6, 6.07) is 1.48. The third-order valence-corrected chi connectivity index (χ3v) is 20.4. The van der Waals surface area contributed by atoms with Crippen LogP contribution < -0.4 is 30.9 Å². The van der Waals surface area contributed by atoms with Crippen molar-refractivity contribution in [3.63, 3.8) is 0 Å². The standard InChI is InChI=1S/C56H82N4O22S4/c1-25(2)57-33-24-74-40(22-36(33)70-9)78-50-47(63)44(60-82-42-21-34(61)49(83-13)28(5)76-42)26(3)80-55(50,7)81-35-15-17-56(68)31(16-18-85-86-84-14)43(35)45(59-54(67)73-12)48(64)51(56)79-41-23-39(46(62)27(4)75-41)77-53(66)30-19-37(71-10)38(72-11)20-32(30)58-52(65)29(6)69-8/h15-17,19-20,25-28,33-36,39-42,44,46-47,49-51,57,60-63,68H,6,18,21-24H2,1-5,7-14H3,(H,58,65)(H,59,67)/b31-16+/t26-,27-,28+,33-,34-,35-,36-,39-,40-,41?,42?,44+,46-,47-,49+,50+,51+,55-,56+/m0/s1. The molecule has 0 aromatic heterocycles. The molecule has 482 valence electrons. The van der Waals surface area contributed by atoms with Crippen LogP contribution in [0.15, 0.2) is 59.5 Å². The van der Waals surface area contributed by atoms with Gasteiger partial charge in [0.25, 0.3) is 5.91 Å². The summed E-state index contributed by atoms with van der Waals surface area (Å²) in [6.07, 6.45) is -8.87. The van der Waals surface area contributed by atoms with E-state index in [-0.39, 0.29) is 94.4 Å². The molecular formula is C56H82N4O22S4. The first-order chi connectivity index (χ1) is 40.9. The maximum Gasteiger partial charge on any atom is 0.411 e. The fourth-order valence-corrected chi connectivity index (χ4v) is 14.5. The molecule has 30 heteroatoms. The molecule has 2 amide bonds. The van der Waals surface area contributed by atoms with Crippen molar-refractivity contribution in [1.29, 1.82) is 0 Å². The molecule has 19 atom stereocenters. The van der Waals surface area contributed by atoms with Gasteiger partial charge in [-0.2, -0.15) is 17.2 Å². The van der Waals surface area contributed by atoms with Crippen molar-refractivity contribution in [1.82, 2.24) is 16.1 Å². The van der Waals surface area contributed by atoms with Gasteiger partial charge in [-0.15, -0.1) is 0 Å². The zero-order valence-electron chi connectivity index (χ0n) is 50.3. The van der Waals surface area contributed by atoms with Crippen LogP contribution in [-0.4, -0.2) is 225 Å². The van der Waals surface area contributed by atoms with Crippen LogP contribution >= 0.6 is 43.2 Å². The summed E-state index contributed by atoms with van der Waals surface area (Å²) in [6.45, 7) is 14.3. The number of thioether (sulfide) groups is 1. The number of aliphatic hydroxyl groups excluding tert-OH is 3. The highest BCUT2D eigenvalue weighted by Gasteiger charge is 2.60. The lowest BCUT2D eigenvalue weighted by molar-refractivity contribution is -0.380. The van der Waals surface area contributed by atoms with E-state index in [0.29, 0.717) is 0 Å². The maximum atomic E-state index is 15.3. The van der Waals surface area contributed by atoms with Crippen molar-refractivity contribution in [3.05, 3.63) is 65.1 Å². The zero-order valence-corrected chi connectivity index (χ0v) is 53.6. The Hall–Kier alpha value is -3.74. The molecule has 2 unspecified atom stereocenters. The van der Waals surface area contributed by atoms with Gasteiger partial charge in [0, 0.05) is 55.9 Å². The van der Waals surface area contributed by atoms with Crippen molar-refractivity contribution in [2.24, 2.45) is 0 Å². The molecule has 2 bridgehead atoms. The van der Waals surface area contributed by atoms with E-state index in [9.17, 15) is 34.8 Å². The first-order valence-electron chi connectivity index (χ1n) is 27.8. The largest absolute Gasteiger partial charge is 0.493 e. The third kappa shape index (κ3) is 15.9. The van der Waals surface area contributed by atoms with Gasteiger partial charge >= 0.3 is 12.1 Å². The molecule has 26 nitrogen and oxygen atoms in total. The molecule has 6 aliphatic rings. The molecule has 7 rings (SSSR count). The molecule has 0 spiro atoms. The van der Waals surface area contributed by atoms with E-state index < -0.39 is 127 Å². The van der Waals surface area contributed by atoms with Crippen molar-refractivity contribution in [2.45, 2.75) is 182 Å². The quantitative estimate of drug-likeness (QED) is 0.0131. The first-order valence-corrected chi connectivity index (χ1v) is 33.2. The van der Waals surface area contributed by atoms with E-state index in [1.807, 2.05) is 33.3 Å². The number of carbonyl (C=O) groups excluding carboxylic acids is 4. The number of hydroxylamine groups is 1. The van der Waals surface area contributed by atoms with Gasteiger partial charge < -0.3 is 92.6 Å². The van der Waals surface area contributed by atoms with Crippen LogP contribution in [0.1, 0.15) is 71.2 Å². The number of anilines is 1. The topological polar surface area (TPSA) is 327 Å². The molecule has 4 aliphatic heterocycles. The second-order valence-corrected chi connectivity index (χ2v) is 26.9. The molecule has 1 aromatic rings. The number of hydrogen-bond donors (Lipinski definition) is 8. The molecular weight excluding hydrogens is 1210 g/mol. The van der Waals surface area contributed by atoms with E-state index in [1.165, 1.54) is 95.7 Å². The Morgan fingerprint density at radius 1 is 0.884 bits per heavy atom. The van der Waals surface area contributed by atoms with Crippen LogP contribution in [0.4, 0.5) is 10.5 Å². The van der Waals surface area contributed by atoms with Gasteiger partial charge in [0.2, 0.25) is 5.78 Å². The first kappa shape index (κ1) is 69.7. The van der Waals surface area contributed by atoms with Crippen molar-refractivity contribution >= 4 is 72.6 Å². The number of hydrogen-bond acceptors (Lipinski definition) is 28. The highest BCUT2D eigenvalue weighted by Crippen LogP contribution is 2.48. The minimum atomic E-state index is -2.33. The number of esters is 1. The minimum Gasteiger partial charge on any atom is -0.493 e. The molecule has 0 radical (unpaired) electrons. The minimum absolute atomic E-state index is 0.0250. The van der Waals surface area contributed by atoms with E-state index in [0.717, 1.165) is 7.11 Å². The number of ether oxygens (including phenoxy) is 13. The number of fused-ring (bicyclic) bond motifs is 2. The van der Waals surface area contributed by atoms with Crippen LogP contribution in [0.3, 0.4) is 0 Å². The average molecular weight is 1290 g/mol. The lowest BCUT2D eigenvalue weighted by Gasteiger charge is -2.53. The molecule has 86 heavy (non-hydrogen) atoms. The average Bonchev–Trinajstić information content (AvgIpc) is 0.762. The zero-order chi connectivity index (χ0) is 62.9. The van der Waals surface area contributed by atoms with E-state index >= 15 is 4.79 Å². The number of methoxy groups -OCH3 is 5.